The Bertz CT molecular complexity index is 636. The van der Waals surface area contributed by atoms with Crippen LogP contribution < -0.4 is 5.32 Å². The van der Waals surface area contributed by atoms with Gasteiger partial charge in [0.05, 0.1) is 4.90 Å². The smallest absolute Gasteiger partial charge is 0.261 e. The standard InChI is InChI=1S/C14H18ClNO3S/c1-3-10-4-5-11(8-12(10)20(15,18)19)13(17)16-9-14(2)6-7-14/h4-5,8H,3,6-7,9H2,1-2H3,(H,16,17). The van der Waals surface area contributed by atoms with Crippen molar-refractivity contribution in [3.8, 4) is 0 Å². The summed E-state index contributed by atoms with van der Waals surface area (Å²) in [5.74, 6) is -0.262. The highest BCUT2D eigenvalue weighted by molar-refractivity contribution is 8.13. The van der Waals surface area contributed by atoms with Gasteiger partial charge in [-0.15, -0.1) is 0 Å². The second-order valence-electron chi connectivity index (χ2n) is 5.61. The number of hydrogen-bond acceptors (Lipinski definition) is 3. The van der Waals surface area contributed by atoms with E-state index in [0.29, 0.717) is 24.1 Å². The lowest BCUT2D eigenvalue weighted by atomic mass is 10.1. The van der Waals surface area contributed by atoms with Crippen LogP contribution in [-0.4, -0.2) is 20.9 Å². The number of rotatable bonds is 5. The molecule has 0 saturated heterocycles. The Morgan fingerprint density at radius 1 is 1.40 bits per heavy atom. The Hall–Kier alpha value is -1.07. The van der Waals surface area contributed by atoms with E-state index in [-0.39, 0.29) is 16.2 Å². The van der Waals surface area contributed by atoms with E-state index in [1.807, 2.05) is 6.92 Å². The minimum atomic E-state index is -3.84. The quantitative estimate of drug-likeness (QED) is 0.850. The summed E-state index contributed by atoms with van der Waals surface area (Å²) >= 11 is 0. The zero-order valence-electron chi connectivity index (χ0n) is 11.6. The first-order valence-electron chi connectivity index (χ1n) is 6.61. The summed E-state index contributed by atoms with van der Waals surface area (Å²) in [6.45, 7) is 4.57. The number of nitrogens with one attached hydrogen (secondary N) is 1. The monoisotopic (exact) mass is 315 g/mol. The normalized spacial score (nSPS) is 16.8. The molecule has 20 heavy (non-hydrogen) atoms. The van der Waals surface area contributed by atoms with E-state index in [4.69, 9.17) is 10.7 Å². The van der Waals surface area contributed by atoms with Crippen molar-refractivity contribution in [3.05, 3.63) is 29.3 Å². The second kappa shape index (κ2) is 5.37. The molecule has 6 heteroatoms. The van der Waals surface area contributed by atoms with E-state index < -0.39 is 9.05 Å². The van der Waals surface area contributed by atoms with Gasteiger partial charge >= 0.3 is 0 Å². The van der Waals surface area contributed by atoms with Crippen LogP contribution in [0.15, 0.2) is 23.1 Å². The Kier molecular flexibility index (Phi) is 4.12. The van der Waals surface area contributed by atoms with E-state index in [0.717, 1.165) is 12.8 Å². The minimum Gasteiger partial charge on any atom is -0.351 e. The molecule has 2 rings (SSSR count). The van der Waals surface area contributed by atoms with Crippen LogP contribution in [0.4, 0.5) is 0 Å². The molecule has 0 bridgehead atoms. The van der Waals surface area contributed by atoms with Crippen LogP contribution in [-0.2, 0) is 15.5 Å². The molecule has 1 aromatic rings. The number of hydrogen-bond donors (Lipinski definition) is 1. The molecule has 1 fully saturated rings. The first kappa shape index (κ1) is 15.3. The highest BCUT2D eigenvalue weighted by Gasteiger charge is 2.37. The molecular formula is C14H18ClNO3S. The van der Waals surface area contributed by atoms with Crippen molar-refractivity contribution in [1.29, 1.82) is 0 Å². The molecule has 1 aliphatic rings. The van der Waals surface area contributed by atoms with Crippen LogP contribution >= 0.6 is 10.7 Å². The van der Waals surface area contributed by atoms with E-state index in [2.05, 4.69) is 12.2 Å². The number of benzene rings is 1. The van der Waals surface area contributed by atoms with Gasteiger partial charge in [0.2, 0.25) is 0 Å². The first-order valence-corrected chi connectivity index (χ1v) is 8.92. The molecule has 0 radical (unpaired) electrons. The van der Waals surface area contributed by atoms with Crippen molar-refractivity contribution < 1.29 is 13.2 Å². The van der Waals surface area contributed by atoms with Gasteiger partial charge in [-0.05, 0) is 42.4 Å². The van der Waals surface area contributed by atoms with Gasteiger partial charge in [0, 0.05) is 22.8 Å². The van der Waals surface area contributed by atoms with Crippen molar-refractivity contribution in [2.45, 2.75) is 38.0 Å². The highest BCUT2D eigenvalue weighted by atomic mass is 35.7. The second-order valence-corrected chi connectivity index (χ2v) is 8.14. The maximum atomic E-state index is 12.0. The average Bonchev–Trinajstić information content (AvgIpc) is 3.13. The van der Waals surface area contributed by atoms with Crippen LogP contribution in [0.25, 0.3) is 0 Å². The van der Waals surface area contributed by atoms with Crippen molar-refractivity contribution >= 4 is 25.6 Å². The lowest BCUT2D eigenvalue weighted by Crippen LogP contribution is -2.29. The van der Waals surface area contributed by atoms with Crippen LogP contribution in [0.5, 0.6) is 0 Å². The van der Waals surface area contributed by atoms with Crippen LogP contribution in [0.1, 0.15) is 42.6 Å². The molecule has 1 aliphatic carbocycles. The average molecular weight is 316 g/mol. The first-order chi connectivity index (χ1) is 9.25. The van der Waals surface area contributed by atoms with Crippen molar-refractivity contribution in [2.75, 3.05) is 6.54 Å². The molecule has 110 valence electrons. The zero-order valence-corrected chi connectivity index (χ0v) is 13.1. The molecule has 0 heterocycles. The summed E-state index contributed by atoms with van der Waals surface area (Å²) in [6.07, 6.45) is 2.77. The topological polar surface area (TPSA) is 63.2 Å². The van der Waals surface area contributed by atoms with Gasteiger partial charge in [-0.1, -0.05) is 19.9 Å². The predicted octanol–water partition coefficient (Wildman–Crippen LogP) is 2.71. The molecule has 0 aliphatic heterocycles. The van der Waals surface area contributed by atoms with Gasteiger partial charge in [0.15, 0.2) is 0 Å². The van der Waals surface area contributed by atoms with Gasteiger partial charge in [-0.3, -0.25) is 4.79 Å². The van der Waals surface area contributed by atoms with Gasteiger partial charge in [-0.2, -0.15) is 0 Å². The number of halogens is 1. The van der Waals surface area contributed by atoms with Crippen LogP contribution in [0.3, 0.4) is 0 Å². The molecule has 0 atom stereocenters. The fraction of sp³-hybridized carbons (Fsp3) is 0.500. The summed E-state index contributed by atoms with van der Waals surface area (Å²) in [6, 6.07) is 4.63. The third-order valence-corrected chi connectivity index (χ3v) is 5.16. The molecular weight excluding hydrogens is 298 g/mol. The molecule has 4 nitrogen and oxygen atoms in total. The highest BCUT2D eigenvalue weighted by Crippen LogP contribution is 2.44. The Morgan fingerprint density at radius 2 is 2.05 bits per heavy atom. The molecule has 0 aromatic heterocycles. The fourth-order valence-corrected chi connectivity index (χ4v) is 3.22. The molecule has 0 spiro atoms. The maximum absolute atomic E-state index is 12.0. The van der Waals surface area contributed by atoms with Gasteiger partial charge in [0.25, 0.3) is 15.0 Å². The van der Waals surface area contributed by atoms with Gasteiger partial charge in [-0.25, -0.2) is 8.42 Å². The number of carbonyl (C=O) groups is 1. The molecule has 1 amide bonds. The fourth-order valence-electron chi connectivity index (χ4n) is 2.00. The zero-order chi connectivity index (χ0) is 15.0. The minimum absolute atomic E-state index is 0.0203. The summed E-state index contributed by atoms with van der Waals surface area (Å²) in [5.41, 5.74) is 1.15. The van der Waals surface area contributed by atoms with E-state index in [1.54, 1.807) is 12.1 Å². The lowest BCUT2D eigenvalue weighted by Gasteiger charge is -2.11. The Labute approximate surface area is 123 Å². The summed E-state index contributed by atoms with van der Waals surface area (Å²) < 4.78 is 23.1. The molecule has 1 aromatic carbocycles. The molecule has 1 saturated carbocycles. The number of aryl methyl sites for hydroxylation is 1. The predicted molar refractivity (Wildman–Crippen MR) is 78.5 cm³/mol. The Balaban J connectivity index is 2.22. The third kappa shape index (κ3) is 3.52. The molecule has 1 N–H and O–H groups in total. The van der Waals surface area contributed by atoms with E-state index in [1.165, 1.54) is 6.07 Å². The van der Waals surface area contributed by atoms with Crippen molar-refractivity contribution in [2.24, 2.45) is 5.41 Å². The molecule has 0 unspecified atom stereocenters. The summed E-state index contributed by atoms with van der Waals surface area (Å²) in [7, 11) is 1.58. The van der Waals surface area contributed by atoms with E-state index >= 15 is 0 Å². The van der Waals surface area contributed by atoms with Crippen molar-refractivity contribution in [3.63, 3.8) is 0 Å². The summed E-state index contributed by atoms with van der Waals surface area (Å²) in [5, 5.41) is 2.84. The van der Waals surface area contributed by atoms with Crippen LogP contribution in [0, 0.1) is 5.41 Å². The summed E-state index contributed by atoms with van der Waals surface area (Å²) in [4.78, 5) is 12.1. The van der Waals surface area contributed by atoms with Gasteiger partial charge in [0.1, 0.15) is 0 Å². The van der Waals surface area contributed by atoms with Crippen LogP contribution in [0.2, 0.25) is 0 Å². The Morgan fingerprint density at radius 3 is 2.55 bits per heavy atom. The van der Waals surface area contributed by atoms with Gasteiger partial charge < -0.3 is 5.32 Å². The largest absolute Gasteiger partial charge is 0.351 e. The number of carbonyl (C=O) groups excluding carboxylic acids is 1. The van der Waals surface area contributed by atoms with E-state index in [9.17, 15) is 13.2 Å². The number of amides is 1. The third-order valence-electron chi connectivity index (χ3n) is 3.75. The van der Waals surface area contributed by atoms with Crippen molar-refractivity contribution in [1.82, 2.24) is 5.32 Å². The SMILES string of the molecule is CCc1ccc(C(=O)NCC2(C)CC2)cc1S(=O)(=O)Cl. The maximum Gasteiger partial charge on any atom is 0.261 e. The lowest BCUT2D eigenvalue weighted by molar-refractivity contribution is 0.0946.